The molecule has 0 radical (unpaired) electrons. The lowest BCUT2D eigenvalue weighted by Gasteiger charge is -2.35. The van der Waals surface area contributed by atoms with Crippen LogP contribution in [0.2, 0.25) is 0 Å². The molecule has 3 rings (SSSR count). The summed E-state index contributed by atoms with van der Waals surface area (Å²) in [6, 6.07) is 15.2. The molecule has 0 aliphatic carbocycles. The van der Waals surface area contributed by atoms with Crippen LogP contribution < -0.4 is 9.64 Å². The molecule has 0 N–H and O–H groups in total. The van der Waals surface area contributed by atoms with Gasteiger partial charge in [-0.25, -0.2) is 0 Å². The minimum absolute atomic E-state index is 0.271. The first-order valence-corrected chi connectivity index (χ1v) is 7.08. The van der Waals surface area contributed by atoms with E-state index < -0.39 is 12.4 Å². The van der Waals surface area contributed by atoms with Gasteiger partial charge in [0.2, 0.25) is 0 Å². The number of ether oxygens (including phenoxy) is 1. The number of rotatable bonds is 2. The number of hydrogen-bond acceptors (Lipinski definition) is 3. The van der Waals surface area contributed by atoms with Crippen LogP contribution in [0, 0.1) is 11.3 Å². The number of fused-ring (bicyclic) bond motifs is 1. The van der Waals surface area contributed by atoms with Gasteiger partial charge >= 0.3 is 6.36 Å². The third kappa shape index (κ3) is 3.24. The molecule has 0 amide bonds. The average molecular weight is 318 g/mol. The molecule has 118 valence electrons. The van der Waals surface area contributed by atoms with Crippen molar-refractivity contribution in [1.29, 1.82) is 5.26 Å². The lowest BCUT2D eigenvalue weighted by molar-refractivity contribution is -0.274. The summed E-state index contributed by atoms with van der Waals surface area (Å²) in [5.74, 6) is -0.271. The highest BCUT2D eigenvalue weighted by atomic mass is 19.4. The van der Waals surface area contributed by atoms with Crippen LogP contribution in [0.4, 0.5) is 18.9 Å². The molecule has 0 saturated heterocycles. The van der Waals surface area contributed by atoms with E-state index in [4.69, 9.17) is 0 Å². The quantitative estimate of drug-likeness (QED) is 0.832. The molecule has 23 heavy (non-hydrogen) atoms. The molecule has 3 nitrogen and oxygen atoms in total. The van der Waals surface area contributed by atoms with Crippen LogP contribution in [0.25, 0.3) is 0 Å². The van der Waals surface area contributed by atoms with Gasteiger partial charge in [0, 0.05) is 12.2 Å². The Balaban J connectivity index is 1.86. The lowest BCUT2D eigenvalue weighted by atomic mass is 9.93. The number of benzene rings is 2. The Morgan fingerprint density at radius 2 is 1.78 bits per heavy atom. The Kier molecular flexibility index (Phi) is 3.87. The van der Waals surface area contributed by atoms with E-state index in [1.165, 1.54) is 12.1 Å². The van der Waals surface area contributed by atoms with Crippen molar-refractivity contribution in [3.8, 4) is 11.8 Å². The number of nitrogens with zero attached hydrogens (tertiary/aromatic N) is 2. The van der Waals surface area contributed by atoms with Gasteiger partial charge in [-0.05, 0) is 41.8 Å². The predicted molar refractivity (Wildman–Crippen MR) is 79.0 cm³/mol. The molecular formula is C17H13F3N2O. The fourth-order valence-corrected chi connectivity index (χ4v) is 2.82. The van der Waals surface area contributed by atoms with Gasteiger partial charge in [0.1, 0.15) is 11.8 Å². The smallest absolute Gasteiger partial charge is 0.406 e. The van der Waals surface area contributed by atoms with E-state index >= 15 is 0 Å². The van der Waals surface area contributed by atoms with Crippen molar-refractivity contribution in [2.45, 2.75) is 18.8 Å². The molecule has 0 fully saturated rings. The molecule has 1 unspecified atom stereocenters. The lowest BCUT2D eigenvalue weighted by Crippen LogP contribution is -2.34. The number of anilines is 1. The molecule has 1 heterocycles. The van der Waals surface area contributed by atoms with E-state index in [1.54, 1.807) is 12.1 Å². The fraction of sp³-hybridized carbons (Fsp3) is 0.235. The molecule has 0 aromatic heterocycles. The molecule has 0 spiro atoms. The Labute approximate surface area is 131 Å². The van der Waals surface area contributed by atoms with Gasteiger partial charge in [-0.2, -0.15) is 5.26 Å². The zero-order chi connectivity index (χ0) is 16.4. The van der Waals surface area contributed by atoms with Crippen LogP contribution in [0.15, 0.2) is 48.5 Å². The summed E-state index contributed by atoms with van der Waals surface area (Å²) >= 11 is 0. The van der Waals surface area contributed by atoms with Crippen molar-refractivity contribution in [3.05, 3.63) is 59.7 Å². The van der Waals surface area contributed by atoms with E-state index in [2.05, 4.69) is 10.8 Å². The topological polar surface area (TPSA) is 36.3 Å². The maximum absolute atomic E-state index is 12.2. The normalized spacial score (nSPS) is 17.3. The molecule has 6 heteroatoms. The van der Waals surface area contributed by atoms with Gasteiger partial charge in [-0.1, -0.05) is 24.3 Å². The average Bonchev–Trinajstić information content (AvgIpc) is 2.53. The van der Waals surface area contributed by atoms with Gasteiger partial charge in [0.25, 0.3) is 0 Å². The highest BCUT2D eigenvalue weighted by molar-refractivity contribution is 5.55. The number of alkyl halides is 3. The van der Waals surface area contributed by atoms with Gasteiger partial charge < -0.3 is 9.64 Å². The minimum atomic E-state index is -4.71. The molecule has 2 aromatic carbocycles. The number of hydrogen-bond donors (Lipinski definition) is 0. The van der Waals surface area contributed by atoms with Crippen molar-refractivity contribution in [1.82, 2.24) is 0 Å². The predicted octanol–water partition coefficient (Wildman–Crippen LogP) is 4.21. The minimum Gasteiger partial charge on any atom is -0.406 e. The largest absolute Gasteiger partial charge is 0.573 e. The maximum atomic E-state index is 12.2. The summed E-state index contributed by atoms with van der Waals surface area (Å²) in [4.78, 5) is 1.89. The Morgan fingerprint density at radius 1 is 1.09 bits per heavy atom. The molecule has 1 atom stereocenters. The van der Waals surface area contributed by atoms with Gasteiger partial charge in [-0.3, -0.25) is 0 Å². The molecule has 0 saturated carbocycles. The summed E-state index contributed by atoms with van der Waals surface area (Å²) in [6.45, 7) is 0.634. The van der Waals surface area contributed by atoms with Crippen LogP contribution >= 0.6 is 0 Å². The van der Waals surface area contributed by atoms with Crippen LogP contribution in [-0.2, 0) is 6.42 Å². The van der Waals surface area contributed by atoms with E-state index in [0.717, 1.165) is 17.5 Å². The summed E-state index contributed by atoms with van der Waals surface area (Å²) < 4.78 is 40.5. The monoisotopic (exact) mass is 318 g/mol. The van der Waals surface area contributed by atoms with Crippen molar-refractivity contribution < 1.29 is 17.9 Å². The van der Waals surface area contributed by atoms with E-state index in [1.807, 2.05) is 29.2 Å². The Morgan fingerprint density at radius 3 is 2.43 bits per heavy atom. The van der Waals surface area contributed by atoms with E-state index in [0.29, 0.717) is 12.2 Å². The first kappa shape index (κ1) is 15.2. The van der Waals surface area contributed by atoms with Crippen LogP contribution in [-0.4, -0.2) is 12.9 Å². The molecule has 0 bridgehead atoms. The molecular weight excluding hydrogens is 305 g/mol. The summed E-state index contributed by atoms with van der Waals surface area (Å²) in [6.07, 6.45) is -3.92. The highest BCUT2D eigenvalue weighted by Crippen LogP contribution is 2.34. The Bertz CT molecular complexity index is 735. The zero-order valence-corrected chi connectivity index (χ0v) is 12.0. The fourth-order valence-electron chi connectivity index (χ4n) is 2.82. The second kappa shape index (κ2) is 5.84. The van der Waals surface area contributed by atoms with E-state index in [-0.39, 0.29) is 5.75 Å². The van der Waals surface area contributed by atoms with Crippen LogP contribution in [0.1, 0.15) is 17.2 Å². The Hall–Kier alpha value is -2.68. The summed E-state index contributed by atoms with van der Waals surface area (Å²) in [5.41, 5.74) is 2.77. The summed E-state index contributed by atoms with van der Waals surface area (Å²) in [5, 5.41) is 9.51. The van der Waals surface area contributed by atoms with Crippen molar-refractivity contribution in [2.75, 3.05) is 11.4 Å². The van der Waals surface area contributed by atoms with Crippen molar-refractivity contribution >= 4 is 5.69 Å². The van der Waals surface area contributed by atoms with Crippen molar-refractivity contribution in [3.63, 3.8) is 0 Å². The molecule has 2 aromatic rings. The zero-order valence-electron chi connectivity index (χ0n) is 12.0. The first-order valence-electron chi connectivity index (χ1n) is 7.08. The van der Waals surface area contributed by atoms with Gasteiger partial charge in [-0.15, -0.1) is 13.2 Å². The number of halogens is 3. The van der Waals surface area contributed by atoms with Crippen LogP contribution in [0.5, 0.6) is 5.75 Å². The van der Waals surface area contributed by atoms with Gasteiger partial charge in [0.05, 0.1) is 6.07 Å². The summed E-state index contributed by atoms with van der Waals surface area (Å²) in [7, 11) is 0. The molecule has 1 aliphatic rings. The second-order valence-corrected chi connectivity index (χ2v) is 5.22. The number of nitriles is 1. The van der Waals surface area contributed by atoms with Gasteiger partial charge in [0.15, 0.2) is 0 Å². The SMILES string of the molecule is N#CC1c2ccccc2CCN1c1ccc(OC(F)(F)F)cc1. The highest BCUT2D eigenvalue weighted by Gasteiger charge is 2.31. The third-order valence-corrected chi connectivity index (χ3v) is 3.81. The van der Waals surface area contributed by atoms with E-state index in [9.17, 15) is 18.4 Å². The van der Waals surface area contributed by atoms with Crippen LogP contribution in [0.3, 0.4) is 0 Å². The standard InChI is InChI=1S/C17H13F3N2O/c18-17(19,20)23-14-7-5-13(6-8-14)22-10-9-12-3-1-2-4-15(12)16(22)11-21/h1-8,16H,9-10H2. The van der Waals surface area contributed by atoms with Crippen molar-refractivity contribution in [2.24, 2.45) is 0 Å². The third-order valence-electron chi connectivity index (χ3n) is 3.81. The second-order valence-electron chi connectivity index (χ2n) is 5.22. The maximum Gasteiger partial charge on any atom is 0.573 e. The molecule has 1 aliphatic heterocycles. The first-order chi connectivity index (χ1) is 11.0.